The van der Waals surface area contributed by atoms with Gasteiger partial charge in [0.05, 0.1) is 0 Å². The van der Waals surface area contributed by atoms with Crippen molar-refractivity contribution in [1.82, 2.24) is 0 Å². The van der Waals surface area contributed by atoms with E-state index in [2.05, 4.69) is 169 Å². The highest BCUT2D eigenvalue weighted by Crippen LogP contribution is 2.69. The maximum absolute atomic E-state index is 2.54. The summed E-state index contributed by atoms with van der Waals surface area (Å²) in [5.41, 5.74) is 14.9. The van der Waals surface area contributed by atoms with Gasteiger partial charge in [-0.15, -0.1) is 0 Å². The molecule has 0 heterocycles. The molecule has 4 bridgehead atoms. The maximum atomic E-state index is 2.54. The van der Waals surface area contributed by atoms with Crippen molar-refractivity contribution in [2.45, 2.75) is 37.5 Å². The largest absolute Gasteiger partial charge is 0.311 e. The van der Waals surface area contributed by atoms with E-state index in [4.69, 9.17) is 0 Å². The third kappa shape index (κ3) is 4.47. The fraction of sp³-hybridized carbons (Fsp3) is 0.200. The number of rotatable bonds is 5. The van der Waals surface area contributed by atoms with Crippen LogP contribution in [0.15, 0.2) is 164 Å². The highest BCUT2D eigenvalue weighted by Gasteiger charge is 2.61. The fourth-order valence-electron chi connectivity index (χ4n) is 11.3. The van der Waals surface area contributed by atoms with E-state index in [0.717, 1.165) is 40.7 Å². The molecule has 5 aliphatic rings. The summed E-state index contributed by atoms with van der Waals surface area (Å²) in [5, 5.41) is 2.54. The molecule has 0 unspecified atom stereocenters. The molecule has 4 saturated carbocycles. The molecule has 0 aromatic heterocycles. The monoisotopic (exact) mass is 655 g/mol. The Morgan fingerprint density at radius 3 is 1.57 bits per heavy atom. The van der Waals surface area contributed by atoms with E-state index in [1.165, 1.54) is 76.3 Å². The zero-order chi connectivity index (χ0) is 33.5. The Morgan fingerprint density at radius 2 is 0.882 bits per heavy atom. The molecule has 0 atom stereocenters. The predicted octanol–water partition coefficient (Wildman–Crippen LogP) is 13.4. The number of para-hydroxylation sites is 1. The smallest absolute Gasteiger partial charge is 0.0462 e. The molecule has 51 heavy (non-hydrogen) atoms. The van der Waals surface area contributed by atoms with E-state index < -0.39 is 0 Å². The van der Waals surface area contributed by atoms with Gasteiger partial charge in [-0.25, -0.2) is 0 Å². The van der Waals surface area contributed by atoms with Gasteiger partial charge in [0.2, 0.25) is 0 Å². The van der Waals surface area contributed by atoms with Crippen molar-refractivity contribution in [2.24, 2.45) is 23.7 Å². The molecule has 0 amide bonds. The Hall–Kier alpha value is -5.40. The minimum absolute atomic E-state index is 0.224. The molecule has 1 nitrogen and oxygen atoms in total. The van der Waals surface area contributed by atoms with E-state index in [1.54, 1.807) is 11.1 Å². The molecule has 4 fully saturated rings. The molecule has 7 aromatic rings. The van der Waals surface area contributed by atoms with Crippen molar-refractivity contribution in [2.75, 3.05) is 4.90 Å². The molecule has 0 radical (unpaired) electrons. The molecule has 0 aliphatic heterocycles. The van der Waals surface area contributed by atoms with Crippen LogP contribution in [0.4, 0.5) is 17.1 Å². The van der Waals surface area contributed by atoms with Crippen molar-refractivity contribution in [1.29, 1.82) is 0 Å². The van der Waals surface area contributed by atoms with Crippen LogP contribution >= 0.6 is 0 Å². The Labute approximate surface area is 301 Å². The Morgan fingerprint density at radius 1 is 0.373 bits per heavy atom. The van der Waals surface area contributed by atoms with Crippen LogP contribution in [0.1, 0.15) is 43.2 Å². The van der Waals surface area contributed by atoms with Gasteiger partial charge in [-0.3, -0.25) is 0 Å². The van der Waals surface area contributed by atoms with Crippen LogP contribution in [0.2, 0.25) is 0 Å². The summed E-state index contributed by atoms with van der Waals surface area (Å²) in [6, 6.07) is 61.2. The van der Waals surface area contributed by atoms with Crippen LogP contribution in [0, 0.1) is 23.7 Å². The summed E-state index contributed by atoms with van der Waals surface area (Å²) in [6.07, 6.45) is 7.19. The second-order valence-corrected chi connectivity index (χ2v) is 15.8. The molecule has 1 spiro atoms. The fourth-order valence-corrected chi connectivity index (χ4v) is 11.3. The molecule has 0 saturated heterocycles. The number of anilines is 3. The van der Waals surface area contributed by atoms with Crippen LogP contribution in [-0.2, 0) is 5.41 Å². The van der Waals surface area contributed by atoms with Gasteiger partial charge in [0.1, 0.15) is 0 Å². The lowest BCUT2D eigenvalue weighted by molar-refractivity contribution is -0.0399. The van der Waals surface area contributed by atoms with Gasteiger partial charge in [0.15, 0.2) is 0 Å². The van der Waals surface area contributed by atoms with Crippen molar-refractivity contribution in [3.63, 3.8) is 0 Å². The van der Waals surface area contributed by atoms with E-state index in [0.29, 0.717) is 0 Å². The van der Waals surface area contributed by atoms with Gasteiger partial charge in [0.25, 0.3) is 0 Å². The SMILES string of the molecule is c1ccc(N(c2ccc(-c3ccc4c(c3)-c3ccccc3C43C4CC5CC(C4)CC3C5)cc2)c2ccc(-c3ccc4ccccc4c3)cc2)cc1. The van der Waals surface area contributed by atoms with Crippen molar-refractivity contribution in [3.05, 3.63) is 175 Å². The zero-order valence-electron chi connectivity index (χ0n) is 28.9. The van der Waals surface area contributed by atoms with Gasteiger partial charge in [-0.05, 0) is 160 Å². The molecule has 246 valence electrons. The maximum Gasteiger partial charge on any atom is 0.0462 e. The van der Waals surface area contributed by atoms with Crippen LogP contribution < -0.4 is 4.90 Å². The summed E-state index contributed by atoms with van der Waals surface area (Å²) in [5.74, 6) is 3.52. The minimum atomic E-state index is 0.224. The number of benzene rings is 7. The molecule has 1 heteroatoms. The molecule has 12 rings (SSSR count). The molecular formula is C50H41N. The zero-order valence-corrected chi connectivity index (χ0v) is 28.9. The topological polar surface area (TPSA) is 3.24 Å². The summed E-state index contributed by atoms with van der Waals surface area (Å²) in [4.78, 5) is 2.36. The van der Waals surface area contributed by atoms with Gasteiger partial charge >= 0.3 is 0 Å². The lowest BCUT2D eigenvalue weighted by Crippen LogP contribution is -2.55. The van der Waals surface area contributed by atoms with Crippen LogP contribution in [0.25, 0.3) is 44.2 Å². The second-order valence-electron chi connectivity index (χ2n) is 15.8. The highest BCUT2D eigenvalue weighted by atomic mass is 15.1. The summed E-state index contributed by atoms with van der Waals surface area (Å²) in [7, 11) is 0. The highest BCUT2D eigenvalue weighted by molar-refractivity contribution is 5.89. The van der Waals surface area contributed by atoms with E-state index in [9.17, 15) is 0 Å². The first-order valence-corrected chi connectivity index (χ1v) is 19.0. The van der Waals surface area contributed by atoms with E-state index >= 15 is 0 Å². The average Bonchev–Trinajstić information content (AvgIpc) is 3.48. The Bertz CT molecular complexity index is 2390. The second kappa shape index (κ2) is 11.3. The van der Waals surface area contributed by atoms with Crippen LogP contribution in [0.3, 0.4) is 0 Å². The predicted molar refractivity (Wildman–Crippen MR) is 213 cm³/mol. The van der Waals surface area contributed by atoms with Gasteiger partial charge < -0.3 is 4.90 Å². The number of hydrogen-bond acceptors (Lipinski definition) is 1. The quantitative estimate of drug-likeness (QED) is 0.178. The van der Waals surface area contributed by atoms with Gasteiger partial charge in [-0.2, -0.15) is 0 Å². The first-order valence-electron chi connectivity index (χ1n) is 19.0. The van der Waals surface area contributed by atoms with Crippen molar-refractivity contribution in [3.8, 4) is 33.4 Å². The average molecular weight is 656 g/mol. The molecular weight excluding hydrogens is 615 g/mol. The minimum Gasteiger partial charge on any atom is -0.311 e. The van der Waals surface area contributed by atoms with E-state index in [1.807, 2.05) is 0 Å². The molecule has 7 aromatic carbocycles. The number of hydrogen-bond donors (Lipinski definition) is 0. The summed E-state index contributed by atoms with van der Waals surface area (Å²) < 4.78 is 0. The molecule has 5 aliphatic carbocycles. The third-order valence-corrected chi connectivity index (χ3v) is 13.2. The van der Waals surface area contributed by atoms with Gasteiger partial charge in [-0.1, -0.05) is 115 Å². The lowest BCUT2D eigenvalue weighted by atomic mass is 9.43. The summed E-state index contributed by atoms with van der Waals surface area (Å²) >= 11 is 0. The Balaban J connectivity index is 0.943. The Kier molecular flexibility index (Phi) is 6.50. The summed E-state index contributed by atoms with van der Waals surface area (Å²) in [6.45, 7) is 0. The van der Waals surface area contributed by atoms with Crippen LogP contribution in [0.5, 0.6) is 0 Å². The van der Waals surface area contributed by atoms with Crippen LogP contribution in [-0.4, -0.2) is 0 Å². The van der Waals surface area contributed by atoms with E-state index in [-0.39, 0.29) is 5.41 Å². The standard InChI is InChI=1S/C50H41N/c1-2-10-43(11-3-1)51(44-21-16-36(17-22-44)39-15-14-35-8-4-5-9-38(35)31-39)45-23-18-37(19-24-45)40-20-25-49-47(32-40)46-12-6-7-13-48(46)50(49)41-27-33-26-34(29-41)30-42(50)28-33/h1-25,31-34,41-42H,26-30H2. The van der Waals surface area contributed by atoms with Crippen molar-refractivity contribution < 1.29 is 0 Å². The van der Waals surface area contributed by atoms with Gasteiger partial charge in [0, 0.05) is 22.5 Å². The number of nitrogens with zero attached hydrogens (tertiary/aromatic N) is 1. The lowest BCUT2D eigenvalue weighted by Gasteiger charge is -2.61. The first kappa shape index (κ1) is 29.3. The number of fused-ring (bicyclic) bond motifs is 4. The molecule has 0 N–H and O–H groups in total. The van der Waals surface area contributed by atoms with Crippen molar-refractivity contribution >= 4 is 27.8 Å². The first-order chi connectivity index (χ1) is 25.2. The third-order valence-electron chi connectivity index (χ3n) is 13.2. The normalized spacial score (nSPS) is 23.8.